The number of phenols is 1. The SMILES string of the molecule is COC(=O)[C@@H]1Cc2cc(F)c(O)c(c2)-c2cc(ccc2OCCNC(=O)OC(C)(C)C)[C@H](N(C)C(=O)[C@H](CCNC(=O)OC(C)(C)C)NC(=O)OCC2c3ccccc3-c3ccccc32)C(=O)N[C@@H](C)C(=O)N1. The molecule has 4 aromatic carbocycles. The second-order valence-corrected chi connectivity index (χ2v) is 19.6. The summed E-state index contributed by atoms with van der Waals surface area (Å²) in [5.41, 5.74) is 2.32. The highest BCUT2D eigenvalue weighted by molar-refractivity contribution is 5.96. The zero-order valence-corrected chi connectivity index (χ0v) is 42.3. The third-order valence-corrected chi connectivity index (χ3v) is 11.8. The molecule has 0 unspecified atom stereocenters. The fraction of sp³-hybridized carbons (Fsp3) is 0.415. The van der Waals surface area contributed by atoms with Gasteiger partial charge in [0.15, 0.2) is 11.6 Å². The second-order valence-electron chi connectivity index (χ2n) is 19.6. The lowest BCUT2D eigenvalue weighted by Gasteiger charge is -2.32. The molecule has 1 aliphatic heterocycles. The summed E-state index contributed by atoms with van der Waals surface area (Å²) in [5, 5.41) is 24.3. The number of fused-ring (bicyclic) bond motifs is 8. The van der Waals surface area contributed by atoms with E-state index in [9.17, 15) is 38.7 Å². The summed E-state index contributed by atoms with van der Waals surface area (Å²) in [6.45, 7) is 11.0. The average Bonchev–Trinajstić information content (AvgIpc) is 3.64. The van der Waals surface area contributed by atoms with Gasteiger partial charge in [-0.05, 0) is 113 Å². The lowest BCUT2D eigenvalue weighted by atomic mass is 9.93. The molecule has 4 aromatic rings. The molecule has 6 N–H and O–H groups in total. The summed E-state index contributed by atoms with van der Waals surface area (Å²) >= 11 is 0. The van der Waals surface area contributed by atoms with Crippen LogP contribution in [0.5, 0.6) is 11.5 Å². The topological polar surface area (TPSA) is 249 Å². The predicted octanol–water partition coefficient (Wildman–Crippen LogP) is 6.14. The lowest BCUT2D eigenvalue weighted by molar-refractivity contribution is -0.145. The lowest BCUT2D eigenvalue weighted by Crippen LogP contribution is -2.55. The van der Waals surface area contributed by atoms with E-state index >= 15 is 4.39 Å². The molecule has 0 saturated heterocycles. The zero-order chi connectivity index (χ0) is 53.4. The quantitative estimate of drug-likeness (QED) is 0.0501. The van der Waals surface area contributed by atoms with Crippen LogP contribution in [-0.2, 0) is 44.5 Å². The number of alkyl carbamates (subject to hydrolysis) is 3. The number of benzene rings is 4. The number of carbonyl (C=O) groups is 7. The van der Waals surface area contributed by atoms with Gasteiger partial charge in [0.2, 0.25) is 17.7 Å². The Kier molecular flexibility index (Phi) is 17.2. The number of phenolic OH excluding ortho intramolecular Hbond substituents is 1. The molecule has 0 radical (unpaired) electrons. The van der Waals surface area contributed by atoms with Crippen LogP contribution < -0.4 is 31.3 Å². The summed E-state index contributed by atoms with van der Waals surface area (Å²) < 4.78 is 43.4. The Balaban J connectivity index is 1.37. The molecule has 4 bridgehead atoms. The van der Waals surface area contributed by atoms with Crippen molar-refractivity contribution in [2.75, 3.05) is 40.5 Å². The van der Waals surface area contributed by atoms with E-state index in [0.717, 1.165) is 40.3 Å². The molecule has 390 valence electrons. The molecule has 4 atom stereocenters. The van der Waals surface area contributed by atoms with Crippen LogP contribution >= 0.6 is 0 Å². The molecule has 0 saturated carbocycles. The fourth-order valence-corrected chi connectivity index (χ4v) is 8.48. The molecule has 0 fully saturated rings. The zero-order valence-electron chi connectivity index (χ0n) is 42.3. The number of hydrogen-bond acceptors (Lipinski definition) is 13. The number of ether oxygens (including phenoxy) is 5. The van der Waals surface area contributed by atoms with Crippen molar-refractivity contribution in [2.24, 2.45) is 0 Å². The molecule has 73 heavy (non-hydrogen) atoms. The van der Waals surface area contributed by atoms with Crippen molar-refractivity contribution < 1.29 is 66.7 Å². The van der Waals surface area contributed by atoms with Crippen LogP contribution in [0.2, 0.25) is 0 Å². The standard InChI is InChI=1S/C53H63FN6O13/c1-29-45(62)58-41(48(65)69-9)26-30-24-37(44(61)39(54)25-30)36-27-31(18-19-42(36)70-23-22-56-50(67)73-53(5,6)7)43(46(63)57-29)60(8)47(64)40(20-21-55-49(66)72-52(2,3)4)59-51(68)71-28-38-34-16-12-10-14-32(34)33-15-11-13-17-35(33)38/h10-19,24-25,27,29,38,40-41,43,61H,20-23,26,28H2,1-9H3,(H,55,66)(H,56,67)(H,57,63)(H,58,62)(H,59,68)/t29-,40-,41-,43-/m0/s1. The Hall–Kier alpha value is -7.90. The van der Waals surface area contributed by atoms with Crippen LogP contribution in [0.1, 0.15) is 89.1 Å². The van der Waals surface area contributed by atoms with Crippen molar-refractivity contribution in [2.45, 2.75) is 103 Å². The van der Waals surface area contributed by atoms with Gasteiger partial charge in [-0.2, -0.15) is 0 Å². The van der Waals surface area contributed by atoms with Crippen molar-refractivity contribution in [1.29, 1.82) is 0 Å². The van der Waals surface area contributed by atoms with Gasteiger partial charge in [0.25, 0.3) is 0 Å². The predicted molar refractivity (Wildman–Crippen MR) is 265 cm³/mol. The Morgan fingerprint density at radius 1 is 0.781 bits per heavy atom. The number of nitrogens with zero attached hydrogens (tertiary/aromatic N) is 1. The van der Waals surface area contributed by atoms with Crippen LogP contribution in [0, 0.1) is 5.82 Å². The van der Waals surface area contributed by atoms with Gasteiger partial charge in [-0.25, -0.2) is 23.6 Å². The third-order valence-electron chi connectivity index (χ3n) is 11.8. The molecular weight excluding hydrogens is 948 g/mol. The Bertz CT molecular complexity index is 2690. The number of nitrogens with one attached hydrogen (secondary N) is 5. The van der Waals surface area contributed by atoms with E-state index in [4.69, 9.17) is 23.7 Å². The van der Waals surface area contributed by atoms with E-state index in [1.807, 2.05) is 48.5 Å². The van der Waals surface area contributed by atoms with Crippen LogP contribution in [0.3, 0.4) is 0 Å². The maximum Gasteiger partial charge on any atom is 0.407 e. The number of aromatic hydroxyl groups is 1. The summed E-state index contributed by atoms with van der Waals surface area (Å²) in [7, 11) is 2.38. The summed E-state index contributed by atoms with van der Waals surface area (Å²) in [6.07, 6.45) is -3.02. The number of halogens is 1. The highest BCUT2D eigenvalue weighted by Crippen LogP contribution is 2.45. The first-order valence-electron chi connectivity index (χ1n) is 23.7. The molecule has 1 aliphatic carbocycles. The number of esters is 1. The van der Waals surface area contributed by atoms with Gasteiger partial charge < -0.3 is 60.3 Å². The van der Waals surface area contributed by atoms with Crippen molar-refractivity contribution in [3.05, 3.63) is 107 Å². The number of methoxy groups -OCH3 is 1. The van der Waals surface area contributed by atoms with E-state index in [2.05, 4.69) is 26.6 Å². The Morgan fingerprint density at radius 3 is 1.99 bits per heavy atom. The first kappa shape index (κ1) is 54.4. The van der Waals surface area contributed by atoms with E-state index in [0.29, 0.717) is 0 Å². The van der Waals surface area contributed by atoms with Crippen molar-refractivity contribution in [3.8, 4) is 33.8 Å². The van der Waals surface area contributed by atoms with Crippen LogP contribution in [0.4, 0.5) is 18.8 Å². The highest BCUT2D eigenvalue weighted by atomic mass is 19.1. The normalized spacial score (nSPS) is 16.9. The minimum absolute atomic E-state index is 0.0188. The summed E-state index contributed by atoms with van der Waals surface area (Å²) in [4.78, 5) is 96.4. The van der Waals surface area contributed by atoms with Gasteiger partial charge in [0.05, 0.1) is 13.7 Å². The minimum atomic E-state index is -1.63. The maximum atomic E-state index is 15.8. The average molecular weight is 1010 g/mol. The molecule has 0 aromatic heterocycles. The number of rotatable bonds is 13. The van der Waals surface area contributed by atoms with Crippen LogP contribution in [0.25, 0.3) is 22.3 Å². The molecule has 20 heteroatoms. The number of hydrogen-bond donors (Lipinski definition) is 6. The monoisotopic (exact) mass is 1010 g/mol. The van der Waals surface area contributed by atoms with Crippen LogP contribution in [-0.4, -0.2) is 122 Å². The van der Waals surface area contributed by atoms with Gasteiger partial charge in [-0.1, -0.05) is 54.6 Å². The van der Waals surface area contributed by atoms with Gasteiger partial charge in [0, 0.05) is 37.1 Å². The van der Waals surface area contributed by atoms with Crippen molar-refractivity contribution in [1.82, 2.24) is 31.5 Å². The van der Waals surface area contributed by atoms with Crippen molar-refractivity contribution in [3.63, 3.8) is 0 Å². The van der Waals surface area contributed by atoms with Gasteiger partial charge in [0.1, 0.15) is 54.3 Å². The molecule has 1 heterocycles. The molecule has 19 nitrogen and oxygen atoms in total. The van der Waals surface area contributed by atoms with E-state index < -0.39 is 88.9 Å². The van der Waals surface area contributed by atoms with E-state index in [1.165, 1.54) is 38.2 Å². The Labute approximate surface area is 422 Å². The molecule has 2 aliphatic rings. The number of amides is 6. The summed E-state index contributed by atoms with van der Waals surface area (Å²) in [6, 6.07) is 16.3. The Morgan fingerprint density at radius 2 is 1.38 bits per heavy atom. The first-order chi connectivity index (χ1) is 34.4. The highest BCUT2D eigenvalue weighted by Gasteiger charge is 2.37. The smallest absolute Gasteiger partial charge is 0.407 e. The van der Waals surface area contributed by atoms with E-state index in [1.54, 1.807) is 41.5 Å². The summed E-state index contributed by atoms with van der Waals surface area (Å²) in [5.74, 6) is -5.72. The van der Waals surface area contributed by atoms with E-state index in [-0.39, 0.29) is 73.1 Å². The largest absolute Gasteiger partial charge is 0.504 e. The minimum Gasteiger partial charge on any atom is -0.504 e. The number of carbonyl (C=O) groups excluding carboxylic acids is 7. The molecule has 0 spiro atoms. The fourth-order valence-electron chi connectivity index (χ4n) is 8.48. The molecule has 6 amide bonds. The maximum absolute atomic E-state index is 15.8. The number of likely N-dealkylation sites (N-methyl/N-ethyl adjacent to an activating group) is 1. The second kappa shape index (κ2) is 23.1. The third kappa shape index (κ3) is 14.0. The van der Waals surface area contributed by atoms with Crippen LogP contribution in [0.15, 0.2) is 78.9 Å². The molecule has 6 rings (SSSR count). The first-order valence-corrected chi connectivity index (χ1v) is 23.7. The van der Waals surface area contributed by atoms with Gasteiger partial charge in [-0.15, -0.1) is 0 Å². The van der Waals surface area contributed by atoms with Gasteiger partial charge >= 0.3 is 24.2 Å². The molecular formula is C53H63FN6O13. The van der Waals surface area contributed by atoms with Crippen molar-refractivity contribution >= 4 is 42.0 Å². The van der Waals surface area contributed by atoms with Gasteiger partial charge in [-0.3, -0.25) is 14.4 Å².